The summed E-state index contributed by atoms with van der Waals surface area (Å²) in [6.07, 6.45) is 5.30. The summed E-state index contributed by atoms with van der Waals surface area (Å²) in [5, 5.41) is 9.28. The van der Waals surface area contributed by atoms with Gasteiger partial charge in [0.25, 0.3) is 0 Å². The first kappa shape index (κ1) is 8.63. The van der Waals surface area contributed by atoms with Gasteiger partial charge in [-0.2, -0.15) is 0 Å². The van der Waals surface area contributed by atoms with Gasteiger partial charge in [0.05, 0.1) is 6.10 Å². The molecule has 0 amide bonds. The van der Waals surface area contributed by atoms with Crippen molar-refractivity contribution in [3.8, 4) is 0 Å². The summed E-state index contributed by atoms with van der Waals surface area (Å²) in [6, 6.07) is 0. The zero-order chi connectivity index (χ0) is 9.26. The van der Waals surface area contributed by atoms with E-state index >= 15 is 0 Å². The first-order valence-electron chi connectivity index (χ1n) is 4.77. The van der Waals surface area contributed by atoms with Gasteiger partial charge < -0.3 is 5.11 Å². The average Bonchev–Trinajstić information content (AvgIpc) is 2.51. The molecule has 0 saturated heterocycles. The second-order valence-corrected chi connectivity index (χ2v) is 3.65. The molecule has 2 rings (SSSR count). The minimum absolute atomic E-state index is 0.306. The van der Waals surface area contributed by atoms with Gasteiger partial charge in [-0.25, -0.2) is 9.97 Å². The Bertz CT molecular complexity index is 310. The van der Waals surface area contributed by atoms with E-state index in [4.69, 9.17) is 0 Å². The SMILES string of the molecule is CC(O)Cc1ncnc2c1CCC2. The minimum atomic E-state index is -0.306. The molecule has 70 valence electrons. The molecule has 0 bridgehead atoms. The number of aliphatic hydroxyl groups excluding tert-OH is 1. The van der Waals surface area contributed by atoms with Crippen LogP contribution >= 0.6 is 0 Å². The summed E-state index contributed by atoms with van der Waals surface area (Å²) in [7, 11) is 0. The van der Waals surface area contributed by atoms with Crippen molar-refractivity contribution in [1.82, 2.24) is 9.97 Å². The molecule has 1 atom stereocenters. The summed E-state index contributed by atoms with van der Waals surface area (Å²) in [5.74, 6) is 0. The number of hydrogen-bond donors (Lipinski definition) is 1. The van der Waals surface area contributed by atoms with Crippen LogP contribution in [0.5, 0.6) is 0 Å². The molecule has 0 aromatic carbocycles. The van der Waals surface area contributed by atoms with E-state index in [0.29, 0.717) is 6.42 Å². The average molecular weight is 178 g/mol. The Balaban J connectivity index is 2.30. The molecule has 1 aromatic rings. The predicted molar refractivity (Wildman–Crippen MR) is 49.4 cm³/mol. The van der Waals surface area contributed by atoms with Crippen molar-refractivity contribution in [3.05, 3.63) is 23.3 Å². The third kappa shape index (κ3) is 1.70. The van der Waals surface area contributed by atoms with Crippen molar-refractivity contribution in [3.63, 3.8) is 0 Å². The van der Waals surface area contributed by atoms with Crippen LogP contribution in [0.1, 0.15) is 30.3 Å². The number of aliphatic hydroxyl groups is 1. The number of fused-ring (bicyclic) bond motifs is 1. The Labute approximate surface area is 77.8 Å². The van der Waals surface area contributed by atoms with Crippen LogP contribution in [-0.4, -0.2) is 21.2 Å². The molecule has 1 N–H and O–H groups in total. The number of aryl methyl sites for hydroxylation is 1. The molecule has 0 saturated carbocycles. The molecular weight excluding hydrogens is 164 g/mol. The number of nitrogens with zero attached hydrogens (tertiary/aromatic N) is 2. The van der Waals surface area contributed by atoms with Gasteiger partial charge in [-0.15, -0.1) is 0 Å². The van der Waals surface area contributed by atoms with Crippen LogP contribution in [0.4, 0.5) is 0 Å². The fourth-order valence-corrected chi connectivity index (χ4v) is 1.88. The summed E-state index contributed by atoms with van der Waals surface area (Å²) in [5.41, 5.74) is 3.51. The van der Waals surface area contributed by atoms with Crippen LogP contribution in [0, 0.1) is 0 Å². The summed E-state index contributed by atoms with van der Waals surface area (Å²) in [4.78, 5) is 8.45. The monoisotopic (exact) mass is 178 g/mol. The van der Waals surface area contributed by atoms with E-state index in [9.17, 15) is 5.11 Å². The lowest BCUT2D eigenvalue weighted by Crippen LogP contribution is -2.09. The van der Waals surface area contributed by atoms with E-state index in [1.165, 1.54) is 17.7 Å². The molecule has 1 unspecified atom stereocenters. The molecule has 3 nitrogen and oxygen atoms in total. The molecule has 0 spiro atoms. The van der Waals surface area contributed by atoms with E-state index in [1.54, 1.807) is 13.3 Å². The molecule has 0 fully saturated rings. The van der Waals surface area contributed by atoms with Gasteiger partial charge in [0.1, 0.15) is 6.33 Å². The predicted octanol–water partition coefficient (Wildman–Crippen LogP) is 0.889. The van der Waals surface area contributed by atoms with Gasteiger partial charge in [-0.1, -0.05) is 0 Å². The smallest absolute Gasteiger partial charge is 0.115 e. The highest BCUT2D eigenvalue weighted by Crippen LogP contribution is 2.22. The Kier molecular flexibility index (Phi) is 2.27. The normalized spacial score (nSPS) is 17.1. The lowest BCUT2D eigenvalue weighted by molar-refractivity contribution is 0.194. The Morgan fingerprint density at radius 1 is 1.46 bits per heavy atom. The Hall–Kier alpha value is -0.960. The zero-order valence-electron chi connectivity index (χ0n) is 7.82. The largest absolute Gasteiger partial charge is 0.393 e. The van der Waals surface area contributed by atoms with Gasteiger partial charge >= 0.3 is 0 Å². The Morgan fingerprint density at radius 3 is 3.08 bits per heavy atom. The summed E-state index contributed by atoms with van der Waals surface area (Å²) >= 11 is 0. The van der Waals surface area contributed by atoms with E-state index in [0.717, 1.165) is 18.5 Å². The fraction of sp³-hybridized carbons (Fsp3) is 0.600. The van der Waals surface area contributed by atoms with Crippen molar-refractivity contribution in [2.24, 2.45) is 0 Å². The first-order valence-corrected chi connectivity index (χ1v) is 4.77. The van der Waals surface area contributed by atoms with Crippen LogP contribution in [0.25, 0.3) is 0 Å². The summed E-state index contributed by atoms with van der Waals surface area (Å²) < 4.78 is 0. The van der Waals surface area contributed by atoms with Crippen molar-refractivity contribution in [2.75, 3.05) is 0 Å². The highest BCUT2D eigenvalue weighted by Gasteiger charge is 2.17. The van der Waals surface area contributed by atoms with Gasteiger partial charge in [0.15, 0.2) is 0 Å². The van der Waals surface area contributed by atoms with Crippen molar-refractivity contribution in [2.45, 2.75) is 38.7 Å². The van der Waals surface area contributed by atoms with Crippen molar-refractivity contribution in [1.29, 1.82) is 0 Å². The second-order valence-electron chi connectivity index (χ2n) is 3.65. The van der Waals surface area contributed by atoms with Gasteiger partial charge in [-0.05, 0) is 31.7 Å². The first-order chi connectivity index (χ1) is 6.27. The fourth-order valence-electron chi connectivity index (χ4n) is 1.88. The third-order valence-corrected chi connectivity index (χ3v) is 2.45. The van der Waals surface area contributed by atoms with Crippen LogP contribution in [-0.2, 0) is 19.3 Å². The maximum atomic E-state index is 9.28. The van der Waals surface area contributed by atoms with Crippen LogP contribution < -0.4 is 0 Å². The quantitative estimate of drug-likeness (QED) is 0.731. The van der Waals surface area contributed by atoms with Gasteiger partial charge in [0.2, 0.25) is 0 Å². The second kappa shape index (κ2) is 3.42. The molecule has 13 heavy (non-hydrogen) atoms. The minimum Gasteiger partial charge on any atom is -0.393 e. The van der Waals surface area contributed by atoms with E-state index in [2.05, 4.69) is 9.97 Å². The molecule has 1 aromatic heterocycles. The van der Waals surface area contributed by atoms with Gasteiger partial charge in [-0.3, -0.25) is 0 Å². The number of aromatic nitrogens is 2. The maximum absolute atomic E-state index is 9.28. The number of rotatable bonds is 2. The van der Waals surface area contributed by atoms with Crippen molar-refractivity contribution >= 4 is 0 Å². The molecule has 1 aliphatic carbocycles. The lowest BCUT2D eigenvalue weighted by Gasteiger charge is -2.07. The zero-order valence-corrected chi connectivity index (χ0v) is 7.82. The molecular formula is C10H14N2O. The van der Waals surface area contributed by atoms with Crippen LogP contribution in [0.2, 0.25) is 0 Å². The van der Waals surface area contributed by atoms with E-state index in [-0.39, 0.29) is 6.10 Å². The molecule has 0 radical (unpaired) electrons. The summed E-state index contributed by atoms with van der Waals surface area (Å²) in [6.45, 7) is 1.80. The van der Waals surface area contributed by atoms with E-state index < -0.39 is 0 Å². The van der Waals surface area contributed by atoms with E-state index in [1.807, 2.05) is 0 Å². The number of hydrogen-bond acceptors (Lipinski definition) is 3. The van der Waals surface area contributed by atoms with Crippen LogP contribution in [0.3, 0.4) is 0 Å². The van der Waals surface area contributed by atoms with Crippen molar-refractivity contribution < 1.29 is 5.11 Å². The van der Waals surface area contributed by atoms with Gasteiger partial charge in [0, 0.05) is 17.8 Å². The highest BCUT2D eigenvalue weighted by molar-refractivity contribution is 5.29. The molecule has 3 heteroatoms. The third-order valence-electron chi connectivity index (χ3n) is 2.45. The molecule has 1 heterocycles. The lowest BCUT2D eigenvalue weighted by atomic mass is 10.1. The Morgan fingerprint density at radius 2 is 2.31 bits per heavy atom. The molecule has 1 aliphatic rings. The maximum Gasteiger partial charge on any atom is 0.115 e. The van der Waals surface area contributed by atoms with Crippen LogP contribution in [0.15, 0.2) is 6.33 Å². The molecule has 0 aliphatic heterocycles. The highest BCUT2D eigenvalue weighted by atomic mass is 16.3. The standard InChI is InChI=1S/C10H14N2O/c1-7(13)5-10-8-3-2-4-9(8)11-6-12-10/h6-7,13H,2-5H2,1H3. The topological polar surface area (TPSA) is 46.0 Å².